The Kier molecular flexibility index (Phi) is 7.78. The highest BCUT2D eigenvalue weighted by Gasteiger charge is 2.04. The first-order valence-corrected chi connectivity index (χ1v) is 7.29. The molecule has 1 heterocycles. The molecule has 0 unspecified atom stereocenters. The summed E-state index contributed by atoms with van der Waals surface area (Å²) >= 11 is 1.62. The molecule has 0 aliphatic rings. The molecule has 0 radical (unpaired) electrons. The van der Waals surface area contributed by atoms with Gasteiger partial charge in [-0.3, -0.25) is 10.1 Å². The van der Waals surface area contributed by atoms with Gasteiger partial charge in [-0.15, -0.1) is 6.42 Å². The summed E-state index contributed by atoms with van der Waals surface area (Å²) < 4.78 is 0. The molecule has 4 N–H and O–H groups in total. The Morgan fingerprint density at radius 1 is 1.67 bits per heavy atom. The summed E-state index contributed by atoms with van der Waals surface area (Å²) in [6, 6.07) is 0. The number of imidazole rings is 1. The Hall–Kier alpha value is -2.18. The van der Waals surface area contributed by atoms with Gasteiger partial charge in [-0.25, -0.2) is 4.98 Å². The summed E-state index contributed by atoms with van der Waals surface area (Å²) in [6.07, 6.45) is 7.49. The van der Waals surface area contributed by atoms with Gasteiger partial charge >= 0.3 is 0 Å². The Bertz CT molecular complexity index is 523. The molecule has 0 aromatic carbocycles. The number of rotatable bonds is 10. The lowest BCUT2D eigenvalue weighted by molar-refractivity contribution is -0.404. The standard InChI is InChI=1S/C12H17N5O3S/c1-2-3-13-12(6-17(19)20)14-4-5-21-8-11-10(7-18)15-9-16-11/h1,6,9,13-14,18H,3-5,7-8H2,(H,15,16)/b12-6-. The van der Waals surface area contributed by atoms with E-state index in [0.717, 1.165) is 17.6 Å². The molecule has 21 heavy (non-hydrogen) atoms. The highest BCUT2D eigenvalue weighted by Crippen LogP contribution is 2.12. The third-order valence-electron chi connectivity index (χ3n) is 2.38. The molecule has 9 heteroatoms. The number of nitrogens with zero attached hydrogens (tertiary/aromatic N) is 2. The van der Waals surface area contributed by atoms with Gasteiger partial charge in [0, 0.05) is 18.1 Å². The van der Waals surface area contributed by atoms with E-state index < -0.39 is 4.92 Å². The lowest BCUT2D eigenvalue weighted by atomic mass is 10.4. The van der Waals surface area contributed by atoms with E-state index >= 15 is 0 Å². The molecule has 0 amide bonds. The summed E-state index contributed by atoms with van der Waals surface area (Å²) in [5.74, 6) is 4.05. The normalized spacial score (nSPS) is 11.0. The fourth-order valence-corrected chi connectivity index (χ4v) is 2.29. The molecule has 0 aliphatic carbocycles. The highest BCUT2D eigenvalue weighted by molar-refractivity contribution is 7.98. The first kappa shape index (κ1) is 16.9. The van der Waals surface area contributed by atoms with Gasteiger partial charge in [-0.1, -0.05) is 5.92 Å². The van der Waals surface area contributed by atoms with Gasteiger partial charge in [0.1, 0.15) is 0 Å². The van der Waals surface area contributed by atoms with Crippen LogP contribution in [0.4, 0.5) is 0 Å². The van der Waals surface area contributed by atoms with Gasteiger partial charge in [-0.2, -0.15) is 11.8 Å². The quantitative estimate of drug-likeness (QED) is 0.208. The van der Waals surface area contributed by atoms with Crippen LogP contribution in [0.1, 0.15) is 11.4 Å². The molecule has 0 saturated carbocycles. The number of nitrogens with one attached hydrogen (secondary N) is 3. The Balaban J connectivity index is 2.28. The van der Waals surface area contributed by atoms with Crippen LogP contribution in [0.3, 0.4) is 0 Å². The van der Waals surface area contributed by atoms with Gasteiger partial charge < -0.3 is 20.7 Å². The van der Waals surface area contributed by atoms with Crippen molar-refractivity contribution in [2.75, 3.05) is 18.8 Å². The van der Waals surface area contributed by atoms with Crippen molar-refractivity contribution >= 4 is 11.8 Å². The van der Waals surface area contributed by atoms with E-state index in [-0.39, 0.29) is 19.0 Å². The number of hydrogen-bond donors (Lipinski definition) is 4. The maximum absolute atomic E-state index is 10.4. The predicted octanol–water partition coefficient (Wildman–Crippen LogP) is 0.0232. The minimum absolute atomic E-state index is 0.0939. The SMILES string of the molecule is C#CCN/C(=C/[N+](=O)[O-])NCCSCc1[nH]cnc1CO. The minimum Gasteiger partial charge on any atom is -0.390 e. The van der Waals surface area contributed by atoms with E-state index in [9.17, 15) is 10.1 Å². The molecule has 1 aromatic heterocycles. The third kappa shape index (κ3) is 6.69. The fraction of sp³-hybridized carbons (Fsp3) is 0.417. The average Bonchev–Trinajstić information content (AvgIpc) is 2.91. The maximum atomic E-state index is 10.4. The van der Waals surface area contributed by atoms with E-state index in [1.807, 2.05) is 0 Å². The van der Waals surface area contributed by atoms with Crippen molar-refractivity contribution in [2.45, 2.75) is 12.4 Å². The summed E-state index contributed by atoms with van der Waals surface area (Å²) in [5, 5.41) is 25.1. The zero-order valence-corrected chi connectivity index (χ0v) is 12.2. The maximum Gasteiger partial charge on any atom is 0.274 e. The summed E-state index contributed by atoms with van der Waals surface area (Å²) in [7, 11) is 0. The van der Waals surface area contributed by atoms with Crippen molar-refractivity contribution in [1.82, 2.24) is 20.6 Å². The van der Waals surface area contributed by atoms with Gasteiger partial charge in [0.2, 0.25) is 0 Å². The molecule has 0 aliphatic heterocycles. The van der Waals surface area contributed by atoms with Crippen molar-refractivity contribution in [1.29, 1.82) is 0 Å². The van der Waals surface area contributed by atoms with E-state index in [1.165, 1.54) is 0 Å². The van der Waals surface area contributed by atoms with Crippen LogP contribution in [0.5, 0.6) is 0 Å². The highest BCUT2D eigenvalue weighted by atomic mass is 32.2. The number of terminal acetylenes is 1. The van der Waals surface area contributed by atoms with E-state index in [0.29, 0.717) is 18.0 Å². The molecule has 0 fully saturated rings. The molecule has 0 bridgehead atoms. The van der Waals surface area contributed by atoms with E-state index in [1.54, 1.807) is 18.1 Å². The predicted molar refractivity (Wildman–Crippen MR) is 80.6 cm³/mol. The summed E-state index contributed by atoms with van der Waals surface area (Å²) in [4.78, 5) is 16.8. The Morgan fingerprint density at radius 3 is 3.14 bits per heavy atom. The van der Waals surface area contributed by atoms with Gasteiger partial charge in [-0.05, 0) is 0 Å². The van der Waals surface area contributed by atoms with Gasteiger partial charge in [0.05, 0.1) is 35.8 Å². The second-order valence-corrected chi connectivity index (χ2v) is 4.96. The summed E-state index contributed by atoms with van der Waals surface area (Å²) in [6.45, 7) is 0.668. The molecule has 0 spiro atoms. The number of aliphatic hydroxyl groups is 1. The molecule has 1 rings (SSSR count). The molecule has 1 aromatic rings. The van der Waals surface area contributed by atoms with E-state index in [4.69, 9.17) is 11.5 Å². The largest absolute Gasteiger partial charge is 0.390 e. The van der Waals surface area contributed by atoms with Crippen LogP contribution < -0.4 is 10.6 Å². The van der Waals surface area contributed by atoms with Crippen LogP contribution in [-0.4, -0.2) is 38.8 Å². The van der Waals surface area contributed by atoms with Crippen LogP contribution in [0.25, 0.3) is 0 Å². The van der Waals surface area contributed by atoms with Crippen molar-refractivity contribution in [2.24, 2.45) is 0 Å². The smallest absolute Gasteiger partial charge is 0.274 e. The van der Waals surface area contributed by atoms with Crippen LogP contribution in [0.2, 0.25) is 0 Å². The lowest BCUT2D eigenvalue weighted by Crippen LogP contribution is -2.29. The minimum atomic E-state index is -0.545. The number of nitro groups is 1. The molecule has 0 atom stereocenters. The fourth-order valence-electron chi connectivity index (χ4n) is 1.45. The van der Waals surface area contributed by atoms with Crippen molar-refractivity contribution < 1.29 is 10.0 Å². The topological polar surface area (TPSA) is 116 Å². The average molecular weight is 311 g/mol. The number of thioether (sulfide) groups is 1. The lowest BCUT2D eigenvalue weighted by Gasteiger charge is -2.09. The molecular formula is C12H17N5O3S. The number of hydrogen-bond acceptors (Lipinski definition) is 7. The molecule has 8 nitrogen and oxygen atoms in total. The molecule has 114 valence electrons. The first-order chi connectivity index (χ1) is 10.2. The van der Waals surface area contributed by atoms with E-state index in [2.05, 4.69) is 26.5 Å². The number of aromatic amines is 1. The summed E-state index contributed by atoms with van der Waals surface area (Å²) in [5.41, 5.74) is 1.52. The van der Waals surface area contributed by atoms with Crippen molar-refractivity contribution in [3.8, 4) is 12.3 Å². The second kappa shape index (κ2) is 9.68. The zero-order chi connectivity index (χ0) is 15.5. The zero-order valence-electron chi connectivity index (χ0n) is 11.3. The monoisotopic (exact) mass is 311 g/mol. The van der Waals surface area contributed by atoms with Crippen LogP contribution >= 0.6 is 11.8 Å². The number of aromatic nitrogens is 2. The Morgan fingerprint density at radius 2 is 2.48 bits per heavy atom. The van der Waals surface area contributed by atoms with Crippen molar-refractivity contribution in [3.05, 3.63) is 39.9 Å². The first-order valence-electron chi connectivity index (χ1n) is 6.13. The second-order valence-electron chi connectivity index (χ2n) is 3.85. The molecule has 0 saturated heterocycles. The van der Waals surface area contributed by atoms with Crippen molar-refractivity contribution in [3.63, 3.8) is 0 Å². The van der Waals surface area contributed by atoms with Gasteiger partial charge in [0.15, 0.2) is 5.82 Å². The molecular weight excluding hydrogens is 294 g/mol. The van der Waals surface area contributed by atoms with Crippen LogP contribution in [-0.2, 0) is 12.4 Å². The number of aliphatic hydroxyl groups excluding tert-OH is 1. The Labute approximate surface area is 126 Å². The third-order valence-corrected chi connectivity index (χ3v) is 3.37. The van der Waals surface area contributed by atoms with Crippen LogP contribution in [0.15, 0.2) is 18.3 Å². The van der Waals surface area contributed by atoms with Gasteiger partial charge in [0.25, 0.3) is 6.20 Å². The van der Waals surface area contributed by atoms with Crippen LogP contribution in [0, 0.1) is 22.5 Å². The number of H-pyrrole nitrogens is 1.